The molecule has 0 aromatic heterocycles. The van der Waals surface area contributed by atoms with E-state index in [9.17, 15) is 13.2 Å². The second-order valence-corrected chi connectivity index (χ2v) is 6.52. The van der Waals surface area contributed by atoms with E-state index >= 15 is 0 Å². The molecular formula is C14H10N2O3S. The van der Waals surface area contributed by atoms with Crippen LogP contribution >= 0.6 is 0 Å². The molecule has 0 saturated carbocycles. The molecule has 0 radical (unpaired) electrons. The van der Waals surface area contributed by atoms with Crippen LogP contribution in [0.2, 0.25) is 0 Å². The van der Waals surface area contributed by atoms with Crippen LogP contribution in [0.4, 0.5) is 5.69 Å². The zero-order chi connectivity index (χ0) is 13.9. The first-order chi connectivity index (χ1) is 9.60. The predicted molar refractivity (Wildman–Crippen MR) is 72.6 cm³/mol. The number of hydrogen-bond acceptors (Lipinski definition) is 4. The third kappa shape index (κ3) is 1.26. The fourth-order valence-electron chi connectivity index (χ4n) is 2.74. The van der Waals surface area contributed by atoms with Crippen LogP contribution in [-0.4, -0.2) is 18.6 Å². The van der Waals surface area contributed by atoms with Gasteiger partial charge in [0, 0.05) is 11.3 Å². The third-order valence-corrected chi connectivity index (χ3v) is 5.46. The van der Waals surface area contributed by atoms with E-state index in [4.69, 9.17) is 0 Å². The molecule has 20 heavy (non-hydrogen) atoms. The van der Waals surface area contributed by atoms with Crippen molar-refractivity contribution in [1.29, 1.82) is 0 Å². The van der Waals surface area contributed by atoms with Gasteiger partial charge in [-0.05, 0) is 18.2 Å². The summed E-state index contributed by atoms with van der Waals surface area (Å²) >= 11 is 0. The minimum Gasteiger partial charge on any atom is -0.360 e. The molecule has 2 heterocycles. The Morgan fingerprint density at radius 2 is 1.70 bits per heavy atom. The summed E-state index contributed by atoms with van der Waals surface area (Å²) in [5.41, 5.74) is 1.64. The fraction of sp³-hybridized carbons (Fsp3) is 0.0714. The number of para-hydroxylation sites is 1. The van der Waals surface area contributed by atoms with Crippen molar-refractivity contribution in [2.24, 2.45) is 0 Å². The largest absolute Gasteiger partial charge is 0.360 e. The third-order valence-electron chi connectivity index (χ3n) is 3.63. The van der Waals surface area contributed by atoms with E-state index in [0.29, 0.717) is 16.8 Å². The van der Waals surface area contributed by atoms with E-state index in [0.717, 1.165) is 4.31 Å². The van der Waals surface area contributed by atoms with Crippen LogP contribution in [-0.2, 0) is 10.0 Å². The molecule has 1 atom stereocenters. The maximum absolute atomic E-state index is 12.5. The van der Waals surface area contributed by atoms with Crippen LogP contribution < -0.4 is 5.32 Å². The number of nitrogens with one attached hydrogen (secondary N) is 1. The van der Waals surface area contributed by atoms with Crippen LogP contribution in [0.3, 0.4) is 0 Å². The van der Waals surface area contributed by atoms with Gasteiger partial charge in [0.05, 0.1) is 10.5 Å². The molecule has 1 amide bonds. The fourth-order valence-corrected chi connectivity index (χ4v) is 4.44. The summed E-state index contributed by atoms with van der Waals surface area (Å²) in [5.74, 6) is -0.486. The van der Waals surface area contributed by atoms with E-state index < -0.39 is 22.1 Å². The standard InChI is InChI=1S/C14H10N2O3S/c17-14-9-5-1-3-7-11(9)15-13-10-6-2-4-8-12(10)20(18,19)16(13)14/h1-8,13,15H. The number of sulfonamides is 1. The quantitative estimate of drug-likeness (QED) is 0.804. The lowest BCUT2D eigenvalue weighted by Gasteiger charge is -2.31. The molecular weight excluding hydrogens is 276 g/mol. The highest BCUT2D eigenvalue weighted by Gasteiger charge is 2.48. The first-order valence-corrected chi connectivity index (χ1v) is 7.58. The van der Waals surface area contributed by atoms with E-state index in [1.54, 1.807) is 36.4 Å². The lowest BCUT2D eigenvalue weighted by atomic mass is 10.1. The van der Waals surface area contributed by atoms with Crippen molar-refractivity contribution in [2.75, 3.05) is 5.32 Å². The number of benzene rings is 2. The molecule has 100 valence electrons. The van der Waals surface area contributed by atoms with Crippen LogP contribution in [0.1, 0.15) is 22.1 Å². The minimum atomic E-state index is -3.78. The summed E-state index contributed by atoms with van der Waals surface area (Å²) in [7, 11) is -3.78. The molecule has 0 aliphatic carbocycles. The van der Waals surface area contributed by atoms with Crippen molar-refractivity contribution in [3.63, 3.8) is 0 Å². The number of anilines is 1. The molecule has 1 N–H and O–H groups in total. The van der Waals surface area contributed by atoms with Gasteiger partial charge < -0.3 is 5.32 Å². The monoisotopic (exact) mass is 286 g/mol. The van der Waals surface area contributed by atoms with E-state index in [2.05, 4.69) is 5.32 Å². The first-order valence-electron chi connectivity index (χ1n) is 6.14. The zero-order valence-electron chi connectivity index (χ0n) is 10.3. The molecule has 1 unspecified atom stereocenters. The van der Waals surface area contributed by atoms with Gasteiger partial charge in [-0.15, -0.1) is 0 Å². The van der Waals surface area contributed by atoms with Gasteiger partial charge in [-0.2, -0.15) is 0 Å². The van der Waals surface area contributed by atoms with Crippen LogP contribution in [0, 0.1) is 0 Å². The molecule has 0 bridgehead atoms. The second kappa shape index (κ2) is 3.61. The normalized spacial score (nSPS) is 21.7. The van der Waals surface area contributed by atoms with Crippen LogP contribution in [0.5, 0.6) is 0 Å². The van der Waals surface area contributed by atoms with Gasteiger partial charge in [0.1, 0.15) is 6.17 Å². The minimum absolute atomic E-state index is 0.193. The van der Waals surface area contributed by atoms with Crippen molar-refractivity contribution in [1.82, 2.24) is 4.31 Å². The average molecular weight is 286 g/mol. The van der Waals surface area contributed by atoms with Crippen molar-refractivity contribution in [2.45, 2.75) is 11.1 Å². The number of hydrogen-bond donors (Lipinski definition) is 1. The molecule has 2 aromatic rings. The number of carbonyl (C=O) groups is 1. The Labute approximate surface area is 115 Å². The Bertz CT molecular complexity index is 845. The van der Waals surface area contributed by atoms with Gasteiger partial charge >= 0.3 is 0 Å². The lowest BCUT2D eigenvalue weighted by molar-refractivity contribution is 0.0829. The topological polar surface area (TPSA) is 66.5 Å². The van der Waals surface area contributed by atoms with Crippen LogP contribution in [0.15, 0.2) is 53.4 Å². The maximum Gasteiger partial charge on any atom is 0.271 e. The second-order valence-electron chi connectivity index (χ2n) is 4.74. The summed E-state index contributed by atoms with van der Waals surface area (Å²) in [4.78, 5) is 12.7. The van der Waals surface area contributed by atoms with Crippen molar-refractivity contribution < 1.29 is 13.2 Å². The number of rotatable bonds is 0. The van der Waals surface area contributed by atoms with E-state index in [1.165, 1.54) is 6.07 Å². The van der Waals surface area contributed by atoms with Gasteiger partial charge in [0.25, 0.3) is 15.9 Å². The highest BCUT2D eigenvalue weighted by molar-refractivity contribution is 7.90. The van der Waals surface area contributed by atoms with Gasteiger partial charge in [0.15, 0.2) is 0 Å². The molecule has 6 heteroatoms. The van der Waals surface area contributed by atoms with Gasteiger partial charge in [-0.3, -0.25) is 4.79 Å². The lowest BCUT2D eigenvalue weighted by Crippen LogP contribution is -2.41. The molecule has 0 fully saturated rings. The Balaban J connectivity index is 2.00. The SMILES string of the molecule is O=C1c2ccccc2NC2c3ccccc3S(=O)(=O)N12. The number of carbonyl (C=O) groups excluding carboxylic acids is 1. The maximum atomic E-state index is 12.5. The van der Waals surface area contributed by atoms with Gasteiger partial charge in [-0.25, -0.2) is 12.7 Å². The van der Waals surface area contributed by atoms with E-state index in [-0.39, 0.29) is 4.90 Å². The Hall–Kier alpha value is -2.34. The molecule has 4 rings (SSSR count). The Morgan fingerprint density at radius 3 is 2.55 bits per heavy atom. The molecule has 2 aliphatic heterocycles. The summed E-state index contributed by atoms with van der Waals surface area (Å²) in [6.45, 7) is 0. The van der Waals surface area contributed by atoms with Gasteiger partial charge in [-0.1, -0.05) is 30.3 Å². The number of nitrogens with zero attached hydrogens (tertiary/aromatic N) is 1. The van der Waals surface area contributed by atoms with Gasteiger partial charge in [0.2, 0.25) is 0 Å². The summed E-state index contributed by atoms with van der Waals surface area (Å²) in [6, 6.07) is 13.6. The molecule has 0 spiro atoms. The Kier molecular flexibility index (Phi) is 2.07. The summed E-state index contributed by atoms with van der Waals surface area (Å²) in [5, 5.41) is 3.13. The average Bonchev–Trinajstić information content (AvgIpc) is 2.69. The molecule has 2 aliphatic rings. The van der Waals surface area contributed by atoms with Crippen LogP contribution in [0.25, 0.3) is 0 Å². The predicted octanol–water partition coefficient (Wildman–Crippen LogP) is 1.96. The van der Waals surface area contributed by atoms with Crippen molar-refractivity contribution in [3.8, 4) is 0 Å². The first kappa shape index (κ1) is 11.5. The summed E-state index contributed by atoms with van der Waals surface area (Å²) < 4.78 is 25.9. The molecule has 5 nitrogen and oxygen atoms in total. The highest BCUT2D eigenvalue weighted by atomic mass is 32.2. The number of amides is 1. The van der Waals surface area contributed by atoms with E-state index in [1.807, 2.05) is 6.07 Å². The highest BCUT2D eigenvalue weighted by Crippen LogP contribution is 2.44. The zero-order valence-corrected chi connectivity index (χ0v) is 11.1. The Morgan fingerprint density at radius 1 is 1.00 bits per heavy atom. The van der Waals surface area contributed by atoms with Crippen molar-refractivity contribution in [3.05, 3.63) is 59.7 Å². The smallest absolute Gasteiger partial charge is 0.271 e. The van der Waals surface area contributed by atoms with Crippen molar-refractivity contribution >= 4 is 21.6 Å². The summed E-state index contributed by atoms with van der Waals surface area (Å²) in [6.07, 6.45) is -0.654. The number of fused-ring (bicyclic) bond motifs is 4. The molecule has 0 saturated heterocycles. The molecule has 2 aromatic carbocycles.